The van der Waals surface area contributed by atoms with E-state index in [9.17, 15) is 4.39 Å². The molecule has 3 nitrogen and oxygen atoms in total. The maximum atomic E-state index is 12.9. The van der Waals surface area contributed by atoms with Crippen molar-refractivity contribution in [2.75, 3.05) is 5.73 Å². The van der Waals surface area contributed by atoms with Gasteiger partial charge in [-0.1, -0.05) is 35.5 Å². The molecule has 0 amide bonds. The minimum Gasteiger partial charge on any atom is -0.384 e. The van der Waals surface area contributed by atoms with Crippen molar-refractivity contribution >= 4 is 29.2 Å². The molecule has 0 aliphatic heterocycles. The summed E-state index contributed by atoms with van der Waals surface area (Å²) in [6.07, 6.45) is 0. The summed E-state index contributed by atoms with van der Waals surface area (Å²) in [6, 6.07) is 7.86. The summed E-state index contributed by atoms with van der Waals surface area (Å²) in [5, 5.41) is 0.790. The van der Waals surface area contributed by atoms with E-state index >= 15 is 0 Å². The Morgan fingerprint density at radius 2 is 2.12 bits per heavy atom. The second-order valence-electron chi connectivity index (χ2n) is 3.32. The number of hydrogen-bond donors (Lipinski definition) is 1. The van der Waals surface area contributed by atoms with Gasteiger partial charge in [0.1, 0.15) is 16.8 Å². The van der Waals surface area contributed by atoms with Crippen LogP contribution in [-0.4, -0.2) is 9.97 Å². The van der Waals surface area contributed by atoms with Crippen LogP contribution in [0.2, 0.25) is 5.15 Å². The highest BCUT2D eigenvalue weighted by molar-refractivity contribution is 7.98. The minimum atomic E-state index is -0.255. The topological polar surface area (TPSA) is 51.8 Å². The predicted molar refractivity (Wildman–Crippen MR) is 67.4 cm³/mol. The van der Waals surface area contributed by atoms with Crippen LogP contribution in [0.5, 0.6) is 0 Å². The first-order valence-corrected chi connectivity index (χ1v) is 6.17. The highest BCUT2D eigenvalue weighted by Crippen LogP contribution is 2.22. The highest BCUT2D eigenvalue weighted by atomic mass is 35.5. The fraction of sp³-hybridized carbons (Fsp3) is 0.0909. The van der Waals surface area contributed by atoms with Gasteiger partial charge >= 0.3 is 0 Å². The number of nitrogens with two attached hydrogens (primary N) is 1. The first-order chi connectivity index (χ1) is 8.13. The number of thioether (sulfide) groups is 1. The molecule has 0 fully saturated rings. The number of rotatable bonds is 3. The molecule has 0 aliphatic carbocycles. The SMILES string of the molecule is Nc1cc(Cl)nc(SCc2cccc(F)c2)n1. The smallest absolute Gasteiger partial charge is 0.191 e. The average Bonchev–Trinajstić information content (AvgIpc) is 2.25. The lowest BCUT2D eigenvalue weighted by Crippen LogP contribution is -1.95. The third kappa shape index (κ3) is 3.57. The monoisotopic (exact) mass is 269 g/mol. The van der Waals surface area contributed by atoms with Gasteiger partial charge in [0, 0.05) is 11.8 Å². The second kappa shape index (κ2) is 5.33. The van der Waals surface area contributed by atoms with Crippen molar-refractivity contribution in [1.29, 1.82) is 0 Å². The Balaban J connectivity index is 2.07. The number of nitrogens with zero attached hydrogens (tertiary/aromatic N) is 2. The van der Waals surface area contributed by atoms with Gasteiger partial charge in [0.2, 0.25) is 0 Å². The number of anilines is 1. The Labute approximate surface area is 107 Å². The van der Waals surface area contributed by atoms with E-state index in [1.165, 1.54) is 30.0 Å². The van der Waals surface area contributed by atoms with Crippen molar-refractivity contribution in [1.82, 2.24) is 9.97 Å². The lowest BCUT2D eigenvalue weighted by atomic mass is 10.2. The first kappa shape index (κ1) is 12.1. The summed E-state index contributed by atoms with van der Waals surface area (Å²) in [4.78, 5) is 8.04. The summed E-state index contributed by atoms with van der Waals surface area (Å²) in [5.74, 6) is 0.638. The Hall–Kier alpha value is -1.33. The zero-order valence-electron chi connectivity index (χ0n) is 8.73. The first-order valence-electron chi connectivity index (χ1n) is 4.81. The van der Waals surface area contributed by atoms with Crippen molar-refractivity contribution < 1.29 is 4.39 Å². The Bertz CT molecular complexity index is 516. The lowest BCUT2D eigenvalue weighted by molar-refractivity contribution is 0.626. The molecule has 88 valence electrons. The molecular weight excluding hydrogens is 261 g/mol. The normalized spacial score (nSPS) is 10.5. The fourth-order valence-corrected chi connectivity index (χ4v) is 2.30. The van der Waals surface area contributed by atoms with Gasteiger partial charge in [-0.25, -0.2) is 14.4 Å². The molecule has 2 rings (SSSR count). The van der Waals surface area contributed by atoms with Crippen LogP contribution in [0, 0.1) is 5.82 Å². The molecule has 0 saturated heterocycles. The van der Waals surface area contributed by atoms with Crippen LogP contribution in [0.15, 0.2) is 35.5 Å². The molecule has 0 bridgehead atoms. The van der Waals surface area contributed by atoms with E-state index in [0.29, 0.717) is 21.9 Å². The summed E-state index contributed by atoms with van der Waals surface area (Å²) < 4.78 is 12.9. The maximum absolute atomic E-state index is 12.9. The van der Waals surface area contributed by atoms with E-state index in [-0.39, 0.29) is 5.82 Å². The molecule has 0 saturated carbocycles. The maximum Gasteiger partial charge on any atom is 0.191 e. The fourth-order valence-electron chi connectivity index (χ4n) is 1.25. The molecule has 17 heavy (non-hydrogen) atoms. The molecule has 0 spiro atoms. The van der Waals surface area contributed by atoms with Gasteiger partial charge < -0.3 is 5.73 Å². The van der Waals surface area contributed by atoms with Crippen molar-refractivity contribution in [3.05, 3.63) is 46.9 Å². The zero-order valence-corrected chi connectivity index (χ0v) is 10.3. The Kier molecular flexibility index (Phi) is 3.81. The molecule has 2 N–H and O–H groups in total. The molecule has 1 aromatic carbocycles. The Morgan fingerprint density at radius 3 is 2.82 bits per heavy atom. The van der Waals surface area contributed by atoms with E-state index < -0.39 is 0 Å². The van der Waals surface area contributed by atoms with Crippen LogP contribution in [-0.2, 0) is 5.75 Å². The number of halogens is 2. The quantitative estimate of drug-likeness (QED) is 0.528. The Morgan fingerprint density at radius 1 is 1.29 bits per heavy atom. The molecule has 0 unspecified atom stereocenters. The van der Waals surface area contributed by atoms with Gasteiger partial charge in [0.05, 0.1) is 0 Å². The van der Waals surface area contributed by atoms with Crippen LogP contribution in [0.25, 0.3) is 0 Å². The molecule has 0 atom stereocenters. The summed E-state index contributed by atoms with van der Waals surface area (Å²) >= 11 is 7.11. The van der Waals surface area contributed by atoms with Crippen molar-refractivity contribution in [3.8, 4) is 0 Å². The van der Waals surface area contributed by atoms with Gasteiger partial charge in [0.15, 0.2) is 5.16 Å². The number of nitrogen functional groups attached to an aromatic ring is 1. The molecule has 1 heterocycles. The molecular formula is C11H9ClFN3S. The third-order valence-electron chi connectivity index (χ3n) is 1.95. The molecule has 1 aromatic heterocycles. The summed E-state index contributed by atoms with van der Waals surface area (Å²) in [5.41, 5.74) is 6.40. The van der Waals surface area contributed by atoms with Crippen LogP contribution >= 0.6 is 23.4 Å². The molecule has 6 heteroatoms. The minimum absolute atomic E-state index is 0.255. The van der Waals surface area contributed by atoms with E-state index in [1.54, 1.807) is 6.07 Å². The van der Waals surface area contributed by atoms with Gasteiger partial charge in [-0.3, -0.25) is 0 Å². The average molecular weight is 270 g/mol. The molecule has 0 aliphatic rings. The third-order valence-corrected chi connectivity index (χ3v) is 3.06. The van der Waals surface area contributed by atoms with E-state index in [4.69, 9.17) is 17.3 Å². The largest absolute Gasteiger partial charge is 0.384 e. The summed E-state index contributed by atoms with van der Waals surface area (Å²) in [6.45, 7) is 0. The van der Waals surface area contributed by atoms with Crippen LogP contribution in [0.1, 0.15) is 5.56 Å². The van der Waals surface area contributed by atoms with E-state index in [1.807, 2.05) is 6.07 Å². The summed E-state index contributed by atoms with van der Waals surface area (Å²) in [7, 11) is 0. The van der Waals surface area contributed by atoms with Gasteiger partial charge in [-0.05, 0) is 17.7 Å². The standard InChI is InChI=1S/C11H9ClFN3S/c12-9-5-10(14)16-11(15-9)17-6-7-2-1-3-8(13)4-7/h1-5H,6H2,(H2,14,15,16). The van der Waals surface area contributed by atoms with Crippen molar-refractivity contribution in [3.63, 3.8) is 0 Å². The number of hydrogen-bond acceptors (Lipinski definition) is 4. The van der Waals surface area contributed by atoms with Gasteiger partial charge in [0.25, 0.3) is 0 Å². The number of benzene rings is 1. The molecule has 0 radical (unpaired) electrons. The van der Waals surface area contributed by atoms with Crippen LogP contribution in [0.3, 0.4) is 0 Å². The predicted octanol–water partition coefficient (Wildman–Crippen LogP) is 3.14. The van der Waals surface area contributed by atoms with Crippen molar-refractivity contribution in [2.24, 2.45) is 0 Å². The zero-order chi connectivity index (χ0) is 12.3. The van der Waals surface area contributed by atoms with Crippen LogP contribution in [0.4, 0.5) is 10.2 Å². The van der Waals surface area contributed by atoms with Gasteiger partial charge in [-0.15, -0.1) is 0 Å². The van der Waals surface area contributed by atoms with Crippen LogP contribution < -0.4 is 5.73 Å². The lowest BCUT2D eigenvalue weighted by Gasteiger charge is -2.02. The number of aromatic nitrogens is 2. The van der Waals surface area contributed by atoms with Crippen molar-refractivity contribution in [2.45, 2.75) is 10.9 Å². The van der Waals surface area contributed by atoms with E-state index in [0.717, 1.165) is 5.56 Å². The highest BCUT2D eigenvalue weighted by Gasteiger charge is 2.03. The van der Waals surface area contributed by atoms with E-state index in [2.05, 4.69) is 9.97 Å². The molecule has 2 aromatic rings. The second-order valence-corrected chi connectivity index (χ2v) is 4.65. The van der Waals surface area contributed by atoms with Gasteiger partial charge in [-0.2, -0.15) is 0 Å².